The fourth-order valence-electron chi connectivity index (χ4n) is 2.16. The van der Waals surface area contributed by atoms with Crippen LogP contribution in [-0.4, -0.2) is 37.6 Å². The predicted molar refractivity (Wildman–Crippen MR) is 67.1 cm³/mol. The molecule has 0 aromatic heterocycles. The van der Waals surface area contributed by atoms with E-state index >= 15 is 0 Å². The van der Waals surface area contributed by atoms with Crippen molar-refractivity contribution in [2.75, 3.05) is 32.7 Å². The molecule has 1 heterocycles. The Morgan fingerprint density at radius 2 is 2.00 bits per heavy atom. The minimum atomic E-state index is 0.899. The molecule has 1 aliphatic heterocycles. The van der Waals surface area contributed by atoms with Crippen molar-refractivity contribution >= 4 is 0 Å². The summed E-state index contributed by atoms with van der Waals surface area (Å²) in [5.74, 6) is 0.899. The average molecular weight is 210 g/mol. The van der Waals surface area contributed by atoms with Crippen molar-refractivity contribution in [3.05, 3.63) is 12.2 Å². The van der Waals surface area contributed by atoms with E-state index in [9.17, 15) is 0 Å². The molecule has 1 fully saturated rings. The first kappa shape index (κ1) is 12.7. The molecule has 0 saturated carbocycles. The maximum absolute atomic E-state index is 4.10. The van der Waals surface area contributed by atoms with E-state index in [4.69, 9.17) is 0 Å². The molecule has 15 heavy (non-hydrogen) atoms. The molecular formula is C13H26N2. The SMILES string of the molecule is C=C(CC)CN(CC)CC1CCNCC1. The zero-order valence-electron chi connectivity index (χ0n) is 10.4. The number of likely N-dealkylation sites (N-methyl/N-ethyl adjacent to an activating group) is 1. The Kier molecular flexibility index (Phi) is 5.96. The molecule has 0 radical (unpaired) electrons. The van der Waals surface area contributed by atoms with Crippen LogP contribution in [0.15, 0.2) is 12.2 Å². The van der Waals surface area contributed by atoms with Gasteiger partial charge in [0.15, 0.2) is 0 Å². The van der Waals surface area contributed by atoms with Crippen LogP contribution in [0.5, 0.6) is 0 Å². The van der Waals surface area contributed by atoms with Gasteiger partial charge in [0, 0.05) is 13.1 Å². The van der Waals surface area contributed by atoms with Gasteiger partial charge >= 0.3 is 0 Å². The largest absolute Gasteiger partial charge is 0.317 e. The maximum Gasteiger partial charge on any atom is 0.0190 e. The van der Waals surface area contributed by atoms with Crippen LogP contribution in [0, 0.1) is 5.92 Å². The predicted octanol–water partition coefficient (Wildman–Crippen LogP) is 2.27. The lowest BCUT2D eigenvalue weighted by molar-refractivity contribution is 0.226. The van der Waals surface area contributed by atoms with Crippen molar-refractivity contribution < 1.29 is 0 Å². The summed E-state index contributed by atoms with van der Waals surface area (Å²) in [4.78, 5) is 2.54. The number of hydrogen-bond acceptors (Lipinski definition) is 2. The van der Waals surface area contributed by atoms with Gasteiger partial charge in [-0.05, 0) is 44.8 Å². The van der Waals surface area contributed by atoms with Gasteiger partial charge < -0.3 is 5.32 Å². The molecule has 1 saturated heterocycles. The second kappa shape index (κ2) is 7.02. The quantitative estimate of drug-likeness (QED) is 0.677. The summed E-state index contributed by atoms with van der Waals surface area (Å²) < 4.78 is 0. The molecule has 2 nitrogen and oxygen atoms in total. The monoisotopic (exact) mass is 210 g/mol. The van der Waals surface area contributed by atoms with E-state index in [0.717, 1.165) is 25.4 Å². The fraction of sp³-hybridized carbons (Fsp3) is 0.846. The molecule has 1 N–H and O–H groups in total. The number of rotatable bonds is 6. The first-order valence-electron chi connectivity index (χ1n) is 6.36. The third-order valence-electron chi connectivity index (χ3n) is 3.37. The minimum Gasteiger partial charge on any atom is -0.317 e. The zero-order chi connectivity index (χ0) is 11.1. The molecule has 1 aliphatic rings. The molecule has 0 amide bonds. The molecule has 0 bridgehead atoms. The molecule has 0 spiro atoms. The van der Waals surface area contributed by atoms with Gasteiger partial charge in [0.2, 0.25) is 0 Å². The highest BCUT2D eigenvalue weighted by Gasteiger charge is 2.16. The van der Waals surface area contributed by atoms with Crippen LogP contribution >= 0.6 is 0 Å². The van der Waals surface area contributed by atoms with E-state index in [2.05, 4.69) is 30.6 Å². The highest BCUT2D eigenvalue weighted by molar-refractivity contribution is 4.96. The van der Waals surface area contributed by atoms with Gasteiger partial charge in [-0.3, -0.25) is 4.90 Å². The topological polar surface area (TPSA) is 15.3 Å². The van der Waals surface area contributed by atoms with Crippen molar-refractivity contribution in [2.24, 2.45) is 5.92 Å². The van der Waals surface area contributed by atoms with Gasteiger partial charge in [0.05, 0.1) is 0 Å². The Bertz CT molecular complexity index is 183. The summed E-state index contributed by atoms with van der Waals surface area (Å²) in [7, 11) is 0. The number of hydrogen-bond donors (Lipinski definition) is 1. The molecule has 0 aromatic rings. The fourth-order valence-corrected chi connectivity index (χ4v) is 2.16. The lowest BCUT2D eigenvalue weighted by Crippen LogP contribution is -2.36. The van der Waals surface area contributed by atoms with Gasteiger partial charge in [-0.15, -0.1) is 0 Å². The molecule has 0 aliphatic carbocycles. The van der Waals surface area contributed by atoms with Crippen molar-refractivity contribution in [3.8, 4) is 0 Å². The first-order chi connectivity index (χ1) is 7.26. The maximum atomic E-state index is 4.10. The summed E-state index contributed by atoms with van der Waals surface area (Å²) in [6.45, 7) is 14.5. The standard InChI is InChI=1S/C13H26N2/c1-4-12(3)10-15(5-2)11-13-6-8-14-9-7-13/h13-14H,3-11H2,1-2H3. The van der Waals surface area contributed by atoms with Crippen molar-refractivity contribution in [3.63, 3.8) is 0 Å². The van der Waals surface area contributed by atoms with E-state index in [0.29, 0.717) is 0 Å². The highest BCUT2D eigenvalue weighted by atomic mass is 15.1. The summed E-state index contributed by atoms with van der Waals surface area (Å²) in [5.41, 5.74) is 1.37. The Morgan fingerprint density at radius 1 is 1.33 bits per heavy atom. The lowest BCUT2D eigenvalue weighted by Gasteiger charge is -2.29. The van der Waals surface area contributed by atoms with E-state index in [-0.39, 0.29) is 0 Å². The number of nitrogens with one attached hydrogen (secondary N) is 1. The Morgan fingerprint density at radius 3 is 2.53 bits per heavy atom. The zero-order valence-corrected chi connectivity index (χ0v) is 10.4. The minimum absolute atomic E-state index is 0.899. The summed E-state index contributed by atoms with van der Waals surface area (Å²) in [5, 5.41) is 3.42. The third-order valence-corrected chi connectivity index (χ3v) is 3.37. The van der Waals surface area contributed by atoms with Gasteiger partial charge in [-0.25, -0.2) is 0 Å². The van der Waals surface area contributed by atoms with Crippen LogP contribution in [0.1, 0.15) is 33.1 Å². The van der Waals surface area contributed by atoms with Crippen molar-refractivity contribution in [2.45, 2.75) is 33.1 Å². The van der Waals surface area contributed by atoms with Gasteiger partial charge in [-0.1, -0.05) is 26.0 Å². The van der Waals surface area contributed by atoms with Crippen LogP contribution < -0.4 is 5.32 Å². The van der Waals surface area contributed by atoms with Crippen LogP contribution in [0.4, 0.5) is 0 Å². The van der Waals surface area contributed by atoms with Crippen LogP contribution in [-0.2, 0) is 0 Å². The second-order valence-corrected chi connectivity index (χ2v) is 4.62. The lowest BCUT2D eigenvalue weighted by atomic mass is 9.97. The van der Waals surface area contributed by atoms with Crippen molar-refractivity contribution in [1.82, 2.24) is 10.2 Å². The Labute approximate surface area is 94.7 Å². The van der Waals surface area contributed by atoms with Crippen molar-refractivity contribution in [1.29, 1.82) is 0 Å². The summed E-state index contributed by atoms with van der Waals surface area (Å²) >= 11 is 0. The van der Waals surface area contributed by atoms with Gasteiger partial charge in [0.25, 0.3) is 0 Å². The molecular weight excluding hydrogens is 184 g/mol. The molecule has 1 rings (SSSR count). The van der Waals surface area contributed by atoms with Crippen LogP contribution in [0.3, 0.4) is 0 Å². The second-order valence-electron chi connectivity index (χ2n) is 4.62. The van der Waals surface area contributed by atoms with E-state index in [1.807, 2.05) is 0 Å². The van der Waals surface area contributed by atoms with E-state index in [1.165, 1.54) is 38.0 Å². The average Bonchev–Trinajstić information content (AvgIpc) is 2.29. The molecule has 2 heteroatoms. The number of nitrogens with zero attached hydrogens (tertiary/aromatic N) is 1. The summed E-state index contributed by atoms with van der Waals surface area (Å²) in [6.07, 6.45) is 3.80. The van der Waals surface area contributed by atoms with Gasteiger partial charge in [-0.2, -0.15) is 0 Å². The van der Waals surface area contributed by atoms with E-state index < -0.39 is 0 Å². The highest BCUT2D eigenvalue weighted by Crippen LogP contribution is 2.14. The normalized spacial score (nSPS) is 18.3. The van der Waals surface area contributed by atoms with Crippen LogP contribution in [0.2, 0.25) is 0 Å². The summed E-state index contributed by atoms with van der Waals surface area (Å²) in [6, 6.07) is 0. The Balaban J connectivity index is 2.28. The number of piperidine rings is 1. The van der Waals surface area contributed by atoms with E-state index in [1.54, 1.807) is 0 Å². The molecule has 0 atom stereocenters. The Hall–Kier alpha value is -0.340. The van der Waals surface area contributed by atoms with Gasteiger partial charge in [0.1, 0.15) is 0 Å². The molecule has 88 valence electrons. The molecule has 0 aromatic carbocycles. The molecule has 0 unspecified atom stereocenters. The van der Waals surface area contributed by atoms with Crippen LogP contribution in [0.25, 0.3) is 0 Å². The smallest absolute Gasteiger partial charge is 0.0190 e. The first-order valence-corrected chi connectivity index (χ1v) is 6.36. The third kappa shape index (κ3) is 4.80.